The zero-order chi connectivity index (χ0) is 28.9. The predicted octanol–water partition coefficient (Wildman–Crippen LogP) is 9.96. The lowest BCUT2D eigenvalue weighted by Gasteiger charge is -2.45. The van der Waals surface area contributed by atoms with Crippen molar-refractivity contribution in [2.45, 2.75) is 70.3 Å². The highest BCUT2D eigenvalue weighted by Crippen LogP contribution is 2.52. The van der Waals surface area contributed by atoms with Gasteiger partial charge < -0.3 is 10.6 Å². The van der Waals surface area contributed by atoms with E-state index in [9.17, 15) is 0 Å². The van der Waals surface area contributed by atoms with E-state index in [0.29, 0.717) is 5.56 Å². The van der Waals surface area contributed by atoms with Crippen LogP contribution in [0.2, 0.25) is 0 Å². The van der Waals surface area contributed by atoms with E-state index in [0.717, 1.165) is 38.0 Å². The number of hydrogen-bond donors (Lipinski definition) is 2. The van der Waals surface area contributed by atoms with Gasteiger partial charge in [0.2, 0.25) is 3.79 Å². The van der Waals surface area contributed by atoms with Crippen molar-refractivity contribution in [3.8, 4) is 0 Å². The molecule has 3 aliphatic rings. The number of halogens is 3. The number of hydrogen-bond acceptors (Lipinski definition) is 3. The highest BCUT2D eigenvalue weighted by Gasteiger charge is 2.42. The molecule has 0 amide bonds. The van der Waals surface area contributed by atoms with Gasteiger partial charge in [-0.3, -0.25) is 4.90 Å². The molecule has 0 saturated carbocycles. The number of rotatable bonds is 7. The summed E-state index contributed by atoms with van der Waals surface area (Å²) in [6, 6.07) is 14.4. The van der Waals surface area contributed by atoms with Crippen molar-refractivity contribution < 1.29 is 0 Å². The SMILES string of the molecule is CCN(CC)C1(Nc2ccc(C)cc2C)C=CC2=C(C1)C1=C(C=C(Nc3cccc(C(Cl)(Cl)Cl)c3)C(C)(C)C1)C2. The molecule has 1 unspecified atom stereocenters. The number of fused-ring (bicyclic) bond motifs is 1. The number of nitrogens with zero attached hydrogens (tertiary/aromatic N) is 1. The van der Waals surface area contributed by atoms with Crippen molar-refractivity contribution in [3.63, 3.8) is 0 Å². The minimum Gasteiger partial charge on any atom is -0.363 e. The summed E-state index contributed by atoms with van der Waals surface area (Å²) >= 11 is 18.5. The number of allylic oxidation sites excluding steroid dienone is 6. The first kappa shape index (κ1) is 29.3. The highest BCUT2D eigenvalue weighted by molar-refractivity contribution is 6.66. The van der Waals surface area contributed by atoms with Crippen LogP contribution in [0.15, 0.2) is 88.7 Å². The Kier molecular flexibility index (Phi) is 8.00. The Morgan fingerprint density at radius 2 is 1.65 bits per heavy atom. The molecule has 5 rings (SSSR count). The first-order chi connectivity index (χ1) is 18.8. The molecular formula is C34H40Cl3N3. The minimum absolute atomic E-state index is 0.0722. The van der Waals surface area contributed by atoms with Gasteiger partial charge in [-0.15, -0.1) is 0 Å². The van der Waals surface area contributed by atoms with Crippen LogP contribution in [0, 0.1) is 19.3 Å². The Morgan fingerprint density at radius 1 is 0.925 bits per heavy atom. The lowest BCUT2D eigenvalue weighted by atomic mass is 9.74. The van der Waals surface area contributed by atoms with Crippen LogP contribution in [0.25, 0.3) is 0 Å². The summed E-state index contributed by atoms with van der Waals surface area (Å²) in [4.78, 5) is 2.56. The molecule has 0 fully saturated rings. The molecular weight excluding hydrogens is 557 g/mol. The molecule has 0 radical (unpaired) electrons. The molecule has 1 atom stereocenters. The summed E-state index contributed by atoms with van der Waals surface area (Å²) in [5, 5.41) is 7.67. The third-order valence-electron chi connectivity index (χ3n) is 8.72. The molecule has 2 N–H and O–H groups in total. The molecule has 3 nitrogen and oxygen atoms in total. The van der Waals surface area contributed by atoms with Crippen molar-refractivity contribution in [2.75, 3.05) is 23.7 Å². The van der Waals surface area contributed by atoms with Crippen LogP contribution in [-0.4, -0.2) is 23.7 Å². The second-order valence-electron chi connectivity index (χ2n) is 12.1. The maximum atomic E-state index is 6.17. The Labute approximate surface area is 255 Å². The van der Waals surface area contributed by atoms with Gasteiger partial charge in [-0.1, -0.05) is 98.4 Å². The molecule has 0 spiro atoms. The fourth-order valence-corrected chi connectivity index (χ4v) is 6.86. The van der Waals surface area contributed by atoms with Gasteiger partial charge in [-0.25, -0.2) is 0 Å². The molecule has 2 aromatic rings. The molecule has 0 aromatic heterocycles. The van der Waals surface area contributed by atoms with Gasteiger partial charge in [0, 0.05) is 34.5 Å². The molecule has 0 saturated heterocycles. The highest BCUT2D eigenvalue weighted by atomic mass is 35.6. The summed E-state index contributed by atoms with van der Waals surface area (Å²) in [7, 11) is 0. The van der Waals surface area contributed by atoms with E-state index >= 15 is 0 Å². The molecule has 0 aliphatic heterocycles. The Morgan fingerprint density at radius 3 is 2.33 bits per heavy atom. The second kappa shape index (κ2) is 10.9. The molecule has 0 heterocycles. The van der Waals surface area contributed by atoms with Gasteiger partial charge in [0.25, 0.3) is 0 Å². The van der Waals surface area contributed by atoms with E-state index in [4.69, 9.17) is 34.8 Å². The monoisotopic (exact) mass is 595 g/mol. The van der Waals surface area contributed by atoms with Crippen LogP contribution in [0.1, 0.15) is 63.6 Å². The summed E-state index contributed by atoms with van der Waals surface area (Å²) in [6.07, 6.45) is 10.1. The fraction of sp³-hybridized carbons (Fsp3) is 0.412. The lowest BCUT2D eigenvalue weighted by Crippen LogP contribution is -2.54. The largest absolute Gasteiger partial charge is 0.363 e. The van der Waals surface area contributed by atoms with Crippen LogP contribution in [0.5, 0.6) is 0 Å². The van der Waals surface area contributed by atoms with Crippen molar-refractivity contribution >= 4 is 46.2 Å². The van der Waals surface area contributed by atoms with Crippen molar-refractivity contribution in [3.05, 3.63) is 105 Å². The van der Waals surface area contributed by atoms with E-state index in [2.05, 4.69) is 93.5 Å². The number of benzene rings is 2. The summed E-state index contributed by atoms with van der Waals surface area (Å²) in [5.41, 5.74) is 12.1. The van der Waals surface area contributed by atoms with Gasteiger partial charge in [-0.2, -0.15) is 0 Å². The number of alkyl halides is 3. The Hall–Kier alpha value is -2.17. The third kappa shape index (κ3) is 5.63. The normalized spacial score (nSPS) is 21.9. The number of aryl methyl sites for hydroxylation is 2. The average molecular weight is 597 g/mol. The molecule has 2 aromatic carbocycles. The molecule has 0 bridgehead atoms. The standard InChI is InChI=1S/C34H40Cl3N3/c1-7-40(8-2)33(39-30-13-12-22(3)16-23(30)4)15-14-24-17-25-18-31(32(5,6)20-28(25)29(24)21-33)38-27-11-9-10-26(19-27)34(35,36)37/h9-16,18-19,38-39H,7-8,17,20-21H2,1-6H3. The molecule has 3 aliphatic carbocycles. The topological polar surface area (TPSA) is 27.3 Å². The predicted molar refractivity (Wildman–Crippen MR) is 173 cm³/mol. The summed E-state index contributed by atoms with van der Waals surface area (Å²) < 4.78 is -1.45. The van der Waals surface area contributed by atoms with Crippen LogP contribution < -0.4 is 10.6 Å². The maximum absolute atomic E-state index is 6.17. The van der Waals surface area contributed by atoms with E-state index in [1.807, 2.05) is 24.3 Å². The average Bonchev–Trinajstić information content (AvgIpc) is 3.22. The lowest BCUT2D eigenvalue weighted by molar-refractivity contribution is 0.168. The fourth-order valence-electron chi connectivity index (χ4n) is 6.51. The maximum Gasteiger partial charge on any atom is 0.216 e. The summed E-state index contributed by atoms with van der Waals surface area (Å²) in [6.45, 7) is 15.4. The first-order valence-electron chi connectivity index (χ1n) is 14.3. The van der Waals surface area contributed by atoms with Gasteiger partial charge >= 0.3 is 0 Å². The second-order valence-corrected chi connectivity index (χ2v) is 14.3. The zero-order valence-corrected chi connectivity index (χ0v) is 26.7. The molecule has 212 valence electrons. The third-order valence-corrected chi connectivity index (χ3v) is 9.38. The van der Waals surface area contributed by atoms with Crippen molar-refractivity contribution in [2.24, 2.45) is 5.41 Å². The van der Waals surface area contributed by atoms with Crippen molar-refractivity contribution in [1.82, 2.24) is 4.90 Å². The zero-order valence-electron chi connectivity index (χ0n) is 24.4. The van der Waals surface area contributed by atoms with Crippen LogP contribution >= 0.6 is 34.8 Å². The Bertz CT molecular complexity index is 1440. The van der Waals surface area contributed by atoms with Crippen LogP contribution in [-0.2, 0) is 3.79 Å². The van der Waals surface area contributed by atoms with E-state index < -0.39 is 3.79 Å². The Balaban J connectivity index is 1.47. The number of nitrogens with one attached hydrogen (secondary N) is 2. The van der Waals surface area contributed by atoms with Crippen molar-refractivity contribution in [1.29, 1.82) is 0 Å². The van der Waals surface area contributed by atoms with Crippen LogP contribution in [0.3, 0.4) is 0 Å². The van der Waals surface area contributed by atoms with E-state index in [1.165, 1.54) is 44.8 Å². The van der Waals surface area contributed by atoms with Crippen LogP contribution in [0.4, 0.5) is 11.4 Å². The number of anilines is 2. The van der Waals surface area contributed by atoms with Gasteiger partial charge in [0.1, 0.15) is 5.66 Å². The minimum atomic E-state index is -1.45. The van der Waals surface area contributed by atoms with E-state index in [-0.39, 0.29) is 11.1 Å². The molecule has 40 heavy (non-hydrogen) atoms. The van der Waals surface area contributed by atoms with Gasteiger partial charge in [0.05, 0.1) is 0 Å². The summed E-state index contributed by atoms with van der Waals surface area (Å²) in [5.74, 6) is 0. The molecule has 6 heteroatoms. The van der Waals surface area contributed by atoms with Gasteiger partial charge in [-0.05, 0) is 98.0 Å². The number of likely N-dealkylation sites (N-methyl/N-ethyl adjacent to an activating group) is 1. The smallest absolute Gasteiger partial charge is 0.216 e. The quantitative estimate of drug-likeness (QED) is 0.246. The first-order valence-corrected chi connectivity index (χ1v) is 15.4. The van der Waals surface area contributed by atoms with E-state index in [1.54, 1.807) is 0 Å². The van der Waals surface area contributed by atoms with Gasteiger partial charge in [0.15, 0.2) is 0 Å².